The number of aromatic nitrogens is 1. The van der Waals surface area contributed by atoms with Gasteiger partial charge in [0.1, 0.15) is 16.9 Å². The molecule has 1 saturated heterocycles. The second-order valence-corrected chi connectivity index (χ2v) is 4.21. The maximum Gasteiger partial charge on any atom is 0.219 e. The van der Waals surface area contributed by atoms with Crippen LogP contribution in [0.2, 0.25) is 5.02 Å². The molecular formula is C11H13ClN2O2. The van der Waals surface area contributed by atoms with E-state index in [0.717, 1.165) is 13.0 Å². The Kier molecular flexibility index (Phi) is 3.29. The van der Waals surface area contributed by atoms with E-state index in [0.29, 0.717) is 17.3 Å². The normalized spacial score (nSPS) is 19.9. The van der Waals surface area contributed by atoms with Crippen LogP contribution in [0.15, 0.2) is 18.5 Å². The Morgan fingerprint density at radius 3 is 3.12 bits per heavy atom. The van der Waals surface area contributed by atoms with Gasteiger partial charge in [-0.2, -0.15) is 0 Å². The Labute approximate surface area is 99.2 Å². The maximum absolute atomic E-state index is 11.1. The van der Waals surface area contributed by atoms with Gasteiger partial charge in [0.2, 0.25) is 5.91 Å². The monoisotopic (exact) mass is 240 g/mol. The Morgan fingerprint density at radius 1 is 1.69 bits per heavy atom. The topological polar surface area (TPSA) is 42.4 Å². The van der Waals surface area contributed by atoms with Crippen molar-refractivity contribution < 1.29 is 9.53 Å². The average Bonchev–Trinajstić information content (AvgIpc) is 2.70. The molecule has 5 heteroatoms. The highest BCUT2D eigenvalue weighted by atomic mass is 35.5. The minimum atomic E-state index is 0.0313. The van der Waals surface area contributed by atoms with Gasteiger partial charge in [-0.1, -0.05) is 11.6 Å². The van der Waals surface area contributed by atoms with E-state index in [4.69, 9.17) is 16.3 Å². The number of amides is 1. The molecule has 1 aliphatic heterocycles. The van der Waals surface area contributed by atoms with E-state index in [9.17, 15) is 4.79 Å². The number of rotatable bonds is 2. The highest BCUT2D eigenvalue weighted by Crippen LogP contribution is 2.25. The van der Waals surface area contributed by atoms with Crippen molar-refractivity contribution in [2.45, 2.75) is 19.4 Å². The van der Waals surface area contributed by atoms with Gasteiger partial charge in [0.25, 0.3) is 0 Å². The Balaban J connectivity index is 1.97. The minimum absolute atomic E-state index is 0.0313. The predicted molar refractivity (Wildman–Crippen MR) is 60.5 cm³/mol. The first-order valence-electron chi connectivity index (χ1n) is 5.18. The number of nitrogens with zero attached hydrogens (tertiary/aromatic N) is 2. The lowest BCUT2D eigenvalue weighted by molar-refractivity contribution is -0.128. The molecule has 0 spiro atoms. The van der Waals surface area contributed by atoms with Crippen LogP contribution in [0.4, 0.5) is 0 Å². The fraction of sp³-hybridized carbons (Fsp3) is 0.455. The van der Waals surface area contributed by atoms with Gasteiger partial charge in [0, 0.05) is 38.3 Å². The lowest BCUT2D eigenvalue weighted by atomic mass is 10.3. The van der Waals surface area contributed by atoms with Gasteiger partial charge in [0.05, 0.1) is 6.54 Å². The van der Waals surface area contributed by atoms with Crippen molar-refractivity contribution in [2.75, 3.05) is 13.1 Å². The molecule has 0 N–H and O–H groups in total. The fourth-order valence-corrected chi connectivity index (χ4v) is 1.91. The van der Waals surface area contributed by atoms with E-state index < -0.39 is 0 Å². The molecule has 2 rings (SSSR count). The summed E-state index contributed by atoms with van der Waals surface area (Å²) in [5.41, 5.74) is 0. The largest absolute Gasteiger partial charge is 0.487 e. The van der Waals surface area contributed by atoms with Crippen LogP contribution in [0.1, 0.15) is 13.3 Å². The Morgan fingerprint density at radius 2 is 2.50 bits per heavy atom. The molecule has 1 aliphatic rings. The molecule has 0 bridgehead atoms. The van der Waals surface area contributed by atoms with Crippen molar-refractivity contribution in [3.8, 4) is 5.75 Å². The smallest absolute Gasteiger partial charge is 0.219 e. The van der Waals surface area contributed by atoms with Gasteiger partial charge in [0.15, 0.2) is 0 Å². The first-order chi connectivity index (χ1) is 7.66. The van der Waals surface area contributed by atoms with Gasteiger partial charge in [-0.25, -0.2) is 0 Å². The van der Waals surface area contributed by atoms with Gasteiger partial charge < -0.3 is 9.64 Å². The molecule has 1 atom stereocenters. The summed E-state index contributed by atoms with van der Waals surface area (Å²) in [5.74, 6) is 0.721. The summed E-state index contributed by atoms with van der Waals surface area (Å²) >= 11 is 5.93. The second kappa shape index (κ2) is 4.70. The van der Waals surface area contributed by atoms with Crippen LogP contribution in [0.25, 0.3) is 0 Å². The van der Waals surface area contributed by atoms with E-state index in [1.807, 2.05) is 0 Å². The van der Waals surface area contributed by atoms with Crippen LogP contribution >= 0.6 is 11.6 Å². The zero-order chi connectivity index (χ0) is 11.5. The van der Waals surface area contributed by atoms with E-state index in [1.54, 1.807) is 30.3 Å². The molecule has 0 unspecified atom stereocenters. The number of halogens is 1. The van der Waals surface area contributed by atoms with Gasteiger partial charge in [-0.15, -0.1) is 0 Å². The van der Waals surface area contributed by atoms with Crippen molar-refractivity contribution in [3.63, 3.8) is 0 Å². The van der Waals surface area contributed by atoms with Crippen LogP contribution in [0.5, 0.6) is 5.75 Å². The third-order valence-corrected chi connectivity index (χ3v) is 2.90. The van der Waals surface area contributed by atoms with Crippen LogP contribution in [0, 0.1) is 0 Å². The van der Waals surface area contributed by atoms with Crippen molar-refractivity contribution in [2.24, 2.45) is 0 Å². The third kappa shape index (κ3) is 2.44. The molecule has 1 fully saturated rings. The van der Waals surface area contributed by atoms with E-state index in [2.05, 4.69) is 4.98 Å². The number of likely N-dealkylation sites (tertiary alicyclic amines) is 1. The van der Waals surface area contributed by atoms with E-state index >= 15 is 0 Å². The highest BCUT2D eigenvalue weighted by molar-refractivity contribution is 6.31. The minimum Gasteiger partial charge on any atom is -0.487 e. The Hall–Kier alpha value is -1.29. The molecule has 86 valence electrons. The predicted octanol–water partition coefficient (Wildman–Crippen LogP) is 1.73. The van der Waals surface area contributed by atoms with Gasteiger partial charge in [-0.3, -0.25) is 9.78 Å². The number of ether oxygens (including phenoxy) is 1. The highest BCUT2D eigenvalue weighted by Gasteiger charge is 2.25. The molecule has 16 heavy (non-hydrogen) atoms. The SMILES string of the molecule is CC(=O)N1CC[C@@H](Oc2ccncc2Cl)C1. The summed E-state index contributed by atoms with van der Waals surface area (Å²) in [6.45, 7) is 2.96. The molecule has 0 aliphatic carbocycles. The average molecular weight is 241 g/mol. The van der Waals surface area contributed by atoms with Gasteiger partial charge >= 0.3 is 0 Å². The van der Waals surface area contributed by atoms with E-state index in [-0.39, 0.29) is 12.0 Å². The quantitative estimate of drug-likeness (QED) is 0.791. The first kappa shape index (κ1) is 11.2. The summed E-state index contributed by atoms with van der Waals surface area (Å²) < 4.78 is 5.72. The molecule has 2 heterocycles. The number of hydrogen-bond acceptors (Lipinski definition) is 3. The fourth-order valence-electron chi connectivity index (χ4n) is 1.75. The molecule has 0 radical (unpaired) electrons. The van der Waals surface area contributed by atoms with Crippen LogP contribution in [0.3, 0.4) is 0 Å². The van der Waals surface area contributed by atoms with Crippen molar-refractivity contribution in [3.05, 3.63) is 23.5 Å². The number of hydrogen-bond donors (Lipinski definition) is 0. The standard InChI is InChI=1S/C11H13ClN2O2/c1-8(15)14-5-3-9(7-14)16-11-2-4-13-6-10(11)12/h2,4,6,9H,3,5,7H2,1H3/t9-/m1/s1. The molecule has 4 nitrogen and oxygen atoms in total. The van der Waals surface area contributed by atoms with Gasteiger partial charge in [-0.05, 0) is 0 Å². The number of pyridine rings is 1. The summed E-state index contributed by atoms with van der Waals surface area (Å²) in [6, 6.07) is 1.73. The lowest BCUT2D eigenvalue weighted by Crippen LogP contribution is -2.28. The summed E-state index contributed by atoms with van der Waals surface area (Å²) in [4.78, 5) is 16.8. The summed E-state index contributed by atoms with van der Waals surface area (Å²) in [6.07, 6.45) is 4.06. The molecule has 0 aromatic carbocycles. The summed E-state index contributed by atoms with van der Waals surface area (Å²) in [5, 5.41) is 0.503. The Bertz CT molecular complexity index is 397. The molecule has 1 aromatic rings. The zero-order valence-corrected chi connectivity index (χ0v) is 9.78. The lowest BCUT2D eigenvalue weighted by Gasteiger charge is -2.15. The maximum atomic E-state index is 11.1. The first-order valence-corrected chi connectivity index (χ1v) is 5.56. The molecule has 1 amide bonds. The van der Waals surface area contributed by atoms with E-state index in [1.165, 1.54) is 0 Å². The van der Waals surface area contributed by atoms with Crippen molar-refractivity contribution in [1.29, 1.82) is 0 Å². The van der Waals surface area contributed by atoms with Crippen LogP contribution in [-0.2, 0) is 4.79 Å². The second-order valence-electron chi connectivity index (χ2n) is 3.80. The molecule has 1 aromatic heterocycles. The van der Waals surface area contributed by atoms with Crippen LogP contribution < -0.4 is 4.74 Å². The molecule has 0 saturated carbocycles. The third-order valence-electron chi connectivity index (χ3n) is 2.62. The zero-order valence-electron chi connectivity index (χ0n) is 9.02. The number of carbonyl (C=O) groups excluding carboxylic acids is 1. The van der Waals surface area contributed by atoms with Crippen LogP contribution in [-0.4, -0.2) is 35.0 Å². The molecular weight excluding hydrogens is 228 g/mol. The summed E-state index contributed by atoms with van der Waals surface area (Å²) in [7, 11) is 0. The van der Waals surface area contributed by atoms with Crippen molar-refractivity contribution in [1.82, 2.24) is 9.88 Å². The van der Waals surface area contributed by atoms with Crippen molar-refractivity contribution >= 4 is 17.5 Å². The number of carbonyl (C=O) groups is 1.